The molecule has 3 heterocycles. The third-order valence-electron chi connectivity index (χ3n) is 8.13. The van der Waals surface area contributed by atoms with Gasteiger partial charge in [0.2, 0.25) is 0 Å². The van der Waals surface area contributed by atoms with Crippen molar-refractivity contribution in [2.45, 2.75) is 40.0 Å². The summed E-state index contributed by atoms with van der Waals surface area (Å²) in [7, 11) is 0. The van der Waals surface area contributed by atoms with Crippen molar-refractivity contribution in [3.8, 4) is 34.3 Å². The Balaban J connectivity index is 0.00000372. The average Bonchev–Trinajstić information content (AvgIpc) is 3.63. The van der Waals surface area contributed by atoms with E-state index in [0.29, 0.717) is 28.4 Å². The summed E-state index contributed by atoms with van der Waals surface area (Å²) in [6, 6.07) is 33.0. The number of benzene rings is 4. The van der Waals surface area contributed by atoms with Gasteiger partial charge in [-0.25, -0.2) is 4.98 Å². The maximum Gasteiger partial charge on any atom is 2.00 e. The molecule has 0 spiro atoms. The quantitative estimate of drug-likeness (QED) is 0.164. The Bertz CT molecular complexity index is 2260. The molecule has 0 saturated carbocycles. The Morgan fingerprint density at radius 2 is 1.61 bits per heavy atom. The fourth-order valence-corrected chi connectivity index (χ4v) is 5.88. The molecule has 3 aromatic heterocycles. The Morgan fingerprint density at radius 3 is 2.37 bits per heavy atom. The van der Waals surface area contributed by atoms with Crippen LogP contribution >= 0.6 is 0 Å². The van der Waals surface area contributed by atoms with E-state index in [1.54, 1.807) is 18.5 Å². The predicted octanol–water partition coefficient (Wildman–Crippen LogP) is 9.89. The van der Waals surface area contributed by atoms with Crippen molar-refractivity contribution in [1.29, 1.82) is 0 Å². The van der Waals surface area contributed by atoms with Crippen LogP contribution in [0.1, 0.15) is 37.5 Å². The molecule has 46 heavy (non-hydrogen) atoms. The number of aromatic nitrogens is 4. The standard InChI is InChI=1S/C39H31N5O.Pt/c1-25-10-9-11-26(2)38(25)43-23-34(42-24-43)27-18-29(40-6)21-31(19-27)45-30-14-15-33-32-12-7-8-13-35(32)44(36(33)22-30)37-20-28(16-17-41-37)39(3,4)5;/h7-18,20-21,23-24H,1-5H3;/q-2;+2. The zero-order valence-electron chi connectivity index (χ0n) is 26.2. The van der Waals surface area contributed by atoms with Crippen molar-refractivity contribution >= 4 is 27.5 Å². The average molecular weight is 781 g/mol. The molecule has 0 fully saturated rings. The fraction of sp³-hybridized carbons (Fsp3) is 0.154. The van der Waals surface area contributed by atoms with E-state index in [-0.39, 0.29) is 26.5 Å². The van der Waals surface area contributed by atoms with Crippen molar-refractivity contribution in [2.24, 2.45) is 0 Å². The van der Waals surface area contributed by atoms with Crippen LogP contribution in [0.4, 0.5) is 5.69 Å². The summed E-state index contributed by atoms with van der Waals surface area (Å²) in [4.78, 5) is 13.1. The number of fused-ring (bicyclic) bond motifs is 3. The Morgan fingerprint density at radius 1 is 0.826 bits per heavy atom. The molecule has 4 aromatic carbocycles. The van der Waals surface area contributed by atoms with Crippen LogP contribution in [-0.2, 0) is 26.5 Å². The third-order valence-corrected chi connectivity index (χ3v) is 8.13. The van der Waals surface area contributed by atoms with Gasteiger partial charge in [0, 0.05) is 28.9 Å². The smallest absolute Gasteiger partial charge is 0.504 e. The number of rotatable bonds is 5. The van der Waals surface area contributed by atoms with Crippen LogP contribution in [0, 0.1) is 32.6 Å². The molecule has 0 aliphatic rings. The summed E-state index contributed by atoms with van der Waals surface area (Å²) >= 11 is 0. The molecule has 0 amide bonds. The number of hydrogen-bond donors (Lipinski definition) is 0. The van der Waals surface area contributed by atoms with E-state index in [4.69, 9.17) is 16.3 Å². The number of para-hydroxylation sites is 2. The maximum absolute atomic E-state index is 7.74. The van der Waals surface area contributed by atoms with Crippen LogP contribution in [0.3, 0.4) is 0 Å². The Hall–Kier alpha value is -4.98. The minimum atomic E-state index is -0.0233. The summed E-state index contributed by atoms with van der Waals surface area (Å²) in [6.07, 6.45) is 5.63. The Kier molecular flexibility index (Phi) is 8.15. The second kappa shape index (κ2) is 12.1. The normalized spacial score (nSPS) is 11.4. The van der Waals surface area contributed by atoms with E-state index in [2.05, 4.69) is 110 Å². The maximum atomic E-state index is 7.74. The van der Waals surface area contributed by atoms with Gasteiger partial charge in [0.1, 0.15) is 11.5 Å². The van der Waals surface area contributed by atoms with Crippen LogP contribution in [0.25, 0.3) is 49.4 Å². The van der Waals surface area contributed by atoms with Crippen molar-refractivity contribution in [2.75, 3.05) is 0 Å². The van der Waals surface area contributed by atoms with Gasteiger partial charge in [-0.3, -0.25) is 9.83 Å². The van der Waals surface area contributed by atoms with Gasteiger partial charge in [-0.1, -0.05) is 74.8 Å². The SMILES string of the molecule is [C-]#[N+]c1cc(Oc2[c-]c3c(cc2)c2ccccc2n3-c2cc(C(C)(C)C)ccn2)[c-]c(-c2cn(-c3c(C)cccc3C)cn2)c1.[Pt+2]. The topological polar surface area (TPSA) is 49.2 Å². The summed E-state index contributed by atoms with van der Waals surface area (Å²) in [5.74, 6) is 1.76. The summed E-state index contributed by atoms with van der Waals surface area (Å²) in [6.45, 7) is 18.5. The monoisotopic (exact) mass is 780 g/mol. The first-order valence-corrected chi connectivity index (χ1v) is 14.9. The van der Waals surface area contributed by atoms with Gasteiger partial charge < -0.3 is 13.9 Å². The zero-order valence-corrected chi connectivity index (χ0v) is 28.5. The first kappa shape index (κ1) is 31.0. The molecule has 0 radical (unpaired) electrons. The summed E-state index contributed by atoms with van der Waals surface area (Å²) in [5.41, 5.74) is 8.32. The van der Waals surface area contributed by atoms with Gasteiger partial charge in [-0.2, -0.15) is 6.07 Å². The van der Waals surface area contributed by atoms with Gasteiger partial charge in [0.25, 0.3) is 0 Å². The summed E-state index contributed by atoms with van der Waals surface area (Å²) in [5, 5.41) is 2.17. The van der Waals surface area contributed by atoms with Crippen molar-refractivity contribution in [3.63, 3.8) is 0 Å². The molecule has 6 nitrogen and oxygen atoms in total. The number of ether oxygens (including phenoxy) is 1. The van der Waals surface area contributed by atoms with Crippen LogP contribution in [-0.4, -0.2) is 19.1 Å². The second-order valence-electron chi connectivity index (χ2n) is 12.3. The van der Waals surface area contributed by atoms with Gasteiger partial charge >= 0.3 is 21.1 Å². The molecule has 0 aliphatic carbocycles. The summed E-state index contributed by atoms with van der Waals surface area (Å²) < 4.78 is 10.5. The molecular formula is C39H31N5OPt. The van der Waals surface area contributed by atoms with Gasteiger partial charge in [0.15, 0.2) is 0 Å². The molecule has 228 valence electrons. The number of aryl methyl sites for hydroxylation is 2. The van der Waals surface area contributed by atoms with Crippen LogP contribution < -0.4 is 4.74 Å². The molecule has 0 bridgehead atoms. The first-order valence-electron chi connectivity index (χ1n) is 14.9. The van der Waals surface area contributed by atoms with Crippen molar-refractivity contribution in [1.82, 2.24) is 19.1 Å². The van der Waals surface area contributed by atoms with Crippen LogP contribution in [0.15, 0.2) is 97.6 Å². The number of hydrogen-bond acceptors (Lipinski definition) is 3. The van der Waals surface area contributed by atoms with E-state index < -0.39 is 0 Å². The van der Waals surface area contributed by atoms with E-state index in [1.807, 2.05) is 35.2 Å². The van der Waals surface area contributed by atoms with E-state index in [9.17, 15) is 0 Å². The molecule has 0 saturated heterocycles. The van der Waals surface area contributed by atoms with E-state index in [0.717, 1.165) is 44.4 Å². The molecule has 7 aromatic rings. The molecule has 7 rings (SSSR count). The van der Waals surface area contributed by atoms with Gasteiger partial charge in [-0.05, 0) is 65.7 Å². The largest absolute Gasteiger partial charge is 2.00 e. The van der Waals surface area contributed by atoms with Gasteiger partial charge in [0.05, 0.1) is 18.6 Å². The van der Waals surface area contributed by atoms with E-state index >= 15 is 0 Å². The molecule has 0 N–H and O–H groups in total. The minimum Gasteiger partial charge on any atom is -0.504 e. The van der Waals surface area contributed by atoms with Crippen LogP contribution in [0.2, 0.25) is 0 Å². The van der Waals surface area contributed by atoms with E-state index in [1.165, 1.54) is 5.56 Å². The molecule has 7 heteroatoms. The van der Waals surface area contributed by atoms with Gasteiger partial charge in [-0.15, -0.1) is 29.1 Å². The fourth-order valence-electron chi connectivity index (χ4n) is 5.88. The molecule has 0 aliphatic heterocycles. The zero-order chi connectivity index (χ0) is 31.3. The number of imidazole rings is 1. The minimum absolute atomic E-state index is 0. The first-order chi connectivity index (χ1) is 21.7. The second-order valence-corrected chi connectivity index (χ2v) is 12.3. The molecular weight excluding hydrogens is 750 g/mol. The molecule has 0 unspecified atom stereocenters. The molecule has 0 atom stereocenters. The van der Waals surface area contributed by atoms with Crippen molar-refractivity contribution < 1.29 is 25.8 Å². The van der Waals surface area contributed by atoms with Crippen molar-refractivity contribution in [3.05, 3.63) is 138 Å². The Labute approximate surface area is 283 Å². The predicted molar refractivity (Wildman–Crippen MR) is 180 cm³/mol. The number of pyridine rings is 1. The van der Waals surface area contributed by atoms with Crippen LogP contribution in [0.5, 0.6) is 11.5 Å². The number of nitrogens with zero attached hydrogens (tertiary/aromatic N) is 5. The third kappa shape index (κ3) is 5.64.